The maximum atomic E-state index is 11.5. The Balaban J connectivity index is 1.46. The van der Waals surface area contributed by atoms with Crippen molar-refractivity contribution >= 4 is 5.91 Å². The average Bonchev–Trinajstić information content (AvgIpc) is 3.23. The number of rotatable bonds is 2. The molecule has 3 heterocycles. The molecule has 2 atom stereocenters. The van der Waals surface area contributed by atoms with Gasteiger partial charge < -0.3 is 4.74 Å². The van der Waals surface area contributed by atoms with Gasteiger partial charge in [0.2, 0.25) is 0 Å². The third kappa shape index (κ3) is 2.75. The Labute approximate surface area is 135 Å². The van der Waals surface area contributed by atoms with E-state index < -0.39 is 5.91 Å². The molecule has 2 N–H and O–H groups in total. The predicted molar refractivity (Wildman–Crippen MR) is 83.1 cm³/mol. The number of aromatic nitrogens is 1. The van der Waals surface area contributed by atoms with Crippen LogP contribution >= 0.6 is 0 Å². The summed E-state index contributed by atoms with van der Waals surface area (Å²) >= 11 is 0. The number of nitrogens with one attached hydrogen (secondary N) is 1. The highest BCUT2D eigenvalue weighted by Gasteiger charge is 2.44. The van der Waals surface area contributed by atoms with E-state index in [1.807, 2.05) is 6.07 Å². The van der Waals surface area contributed by atoms with E-state index in [1.54, 1.807) is 11.7 Å². The van der Waals surface area contributed by atoms with Gasteiger partial charge >= 0.3 is 0 Å². The van der Waals surface area contributed by atoms with Crippen molar-refractivity contribution in [3.8, 4) is 0 Å². The second-order valence-corrected chi connectivity index (χ2v) is 7.19. The molecule has 1 spiro atoms. The van der Waals surface area contributed by atoms with E-state index in [4.69, 9.17) is 9.94 Å². The van der Waals surface area contributed by atoms with Crippen molar-refractivity contribution in [3.63, 3.8) is 0 Å². The van der Waals surface area contributed by atoms with Crippen molar-refractivity contribution in [2.45, 2.75) is 44.7 Å². The molecule has 6 nitrogen and oxygen atoms in total. The molecule has 23 heavy (non-hydrogen) atoms. The third-order valence-corrected chi connectivity index (χ3v) is 5.82. The van der Waals surface area contributed by atoms with Gasteiger partial charge in [-0.1, -0.05) is 0 Å². The average molecular weight is 317 g/mol. The zero-order valence-electron chi connectivity index (χ0n) is 13.3. The highest BCUT2D eigenvalue weighted by atomic mass is 16.5. The van der Waals surface area contributed by atoms with Gasteiger partial charge in [-0.2, -0.15) is 0 Å². The van der Waals surface area contributed by atoms with E-state index in [0.717, 1.165) is 44.0 Å². The lowest BCUT2D eigenvalue weighted by Gasteiger charge is -2.34. The number of nitrogens with zero attached hydrogens (tertiary/aromatic N) is 2. The summed E-state index contributed by atoms with van der Waals surface area (Å²) in [7, 11) is 0. The first-order valence-electron chi connectivity index (χ1n) is 8.43. The first-order chi connectivity index (χ1) is 11.2. The number of fused-ring (bicyclic) bond motifs is 1. The van der Waals surface area contributed by atoms with Crippen LogP contribution in [-0.4, -0.2) is 46.8 Å². The minimum Gasteiger partial charge on any atom is -0.381 e. The fourth-order valence-electron chi connectivity index (χ4n) is 4.43. The van der Waals surface area contributed by atoms with Gasteiger partial charge in [0.15, 0.2) is 0 Å². The summed E-state index contributed by atoms with van der Waals surface area (Å²) in [5.74, 6) is -0.498. The van der Waals surface area contributed by atoms with Crippen LogP contribution in [-0.2, 0) is 17.7 Å². The van der Waals surface area contributed by atoms with E-state index in [9.17, 15) is 4.79 Å². The van der Waals surface area contributed by atoms with Crippen molar-refractivity contribution in [3.05, 3.63) is 29.1 Å². The fourth-order valence-corrected chi connectivity index (χ4v) is 4.43. The van der Waals surface area contributed by atoms with Gasteiger partial charge in [0.25, 0.3) is 5.91 Å². The minimum atomic E-state index is -0.498. The Morgan fingerprint density at radius 3 is 3.17 bits per heavy atom. The van der Waals surface area contributed by atoms with Crippen LogP contribution in [0, 0.1) is 5.41 Å². The minimum absolute atomic E-state index is 0.419. The van der Waals surface area contributed by atoms with Gasteiger partial charge in [0.1, 0.15) is 0 Å². The van der Waals surface area contributed by atoms with Crippen LogP contribution in [0.25, 0.3) is 0 Å². The summed E-state index contributed by atoms with van der Waals surface area (Å²) in [5.41, 5.74) is 4.71. The molecule has 1 aromatic rings. The molecule has 0 bridgehead atoms. The number of amides is 1. The lowest BCUT2D eigenvalue weighted by molar-refractivity contribution is 0.0705. The number of hydrogen-bond donors (Lipinski definition) is 2. The summed E-state index contributed by atoms with van der Waals surface area (Å²) in [4.78, 5) is 18.5. The Bertz CT molecular complexity index is 613. The zero-order valence-corrected chi connectivity index (χ0v) is 13.3. The maximum absolute atomic E-state index is 11.5. The summed E-state index contributed by atoms with van der Waals surface area (Å²) < 4.78 is 5.63. The lowest BCUT2D eigenvalue weighted by atomic mass is 9.85. The van der Waals surface area contributed by atoms with Crippen LogP contribution in [0.5, 0.6) is 0 Å². The topological polar surface area (TPSA) is 74.7 Å². The third-order valence-electron chi connectivity index (χ3n) is 5.82. The Hall–Kier alpha value is -1.50. The number of pyridine rings is 1. The van der Waals surface area contributed by atoms with E-state index in [2.05, 4.69) is 9.88 Å². The van der Waals surface area contributed by atoms with E-state index in [1.165, 1.54) is 25.7 Å². The molecule has 1 aromatic heterocycles. The summed E-state index contributed by atoms with van der Waals surface area (Å²) in [6.45, 7) is 3.73. The largest absolute Gasteiger partial charge is 0.381 e. The van der Waals surface area contributed by atoms with Crippen LogP contribution < -0.4 is 5.48 Å². The van der Waals surface area contributed by atoms with E-state index in [0.29, 0.717) is 17.0 Å². The van der Waals surface area contributed by atoms with Gasteiger partial charge in [-0.25, -0.2) is 5.48 Å². The van der Waals surface area contributed by atoms with Crippen molar-refractivity contribution in [1.82, 2.24) is 15.4 Å². The zero-order chi connectivity index (χ0) is 15.9. The molecule has 1 saturated carbocycles. The Morgan fingerprint density at radius 2 is 2.39 bits per heavy atom. The second-order valence-electron chi connectivity index (χ2n) is 7.19. The monoisotopic (exact) mass is 317 g/mol. The maximum Gasteiger partial charge on any atom is 0.276 e. The summed E-state index contributed by atoms with van der Waals surface area (Å²) in [5, 5.41) is 8.73. The van der Waals surface area contributed by atoms with Gasteiger partial charge in [-0.05, 0) is 49.1 Å². The molecule has 0 radical (unpaired) electrons. The lowest BCUT2D eigenvalue weighted by Crippen LogP contribution is -2.39. The Kier molecular flexibility index (Phi) is 3.83. The van der Waals surface area contributed by atoms with Crippen LogP contribution in [0.15, 0.2) is 12.3 Å². The van der Waals surface area contributed by atoms with Crippen LogP contribution in [0.1, 0.15) is 47.3 Å². The van der Waals surface area contributed by atoms with Crippen LogP contribution in [0.3, 0.4) is 0 Å². The summed E-state index contributed by atoms with van der Waals surface area (Å²) in [6, 6.07) is 2.48. The van der Waals surface area contributed by atoms with Crippen molar-refractivity contribution in [1.29, 1.82) is 0 Å². The molecule has 6 heteroatoms. The standard InChI is InChI=1S/C17H23N3O3/c21-16(19-22)13-7-12-2-5-20(10-15(12)18-9-13)14-1-3-17(8-14)4-6-23-11-17/h7,9,14,22H,1-6,8,10-11H2,(H,19,21)/t14-,17?/m1/s1. The molecular formula is C17H23N3O3. The van der Waals surface area contributed by atoms with E-state index in [-0.39, 0.29) is 0 Å². The number of carbonyl (C=O) groups excluding carboxylic acids is 1. The Morgan fingerprint density at radius 1 is 1.48 bits per heavy atom. The first kappa shape index (κ1) is 15.1. The molecule has 4 rings (SSSR count). The van der Waals surface area contributed by atoms with Crippen LogP contribution in [0.4, 0.5) is 0 Å². The number of ether oxygens (including phenoxy) is 1. The number of carbonyl (C=O) groups is 1. The highest BCUT2D eigenvalue weighted by Crippen LogP contribution is 2.46. The smallest absolute Gasteiger partial charge is 0.276 e. The van der Waals surface area contributed by atoms with Gasteiger partial charge in [0.05, 0.1) is 17.9 Å². The molecule has 2 fully saturated rings. The van der Waals surface area contributed by atoms with Gasteiger partial charge in [-0.3, -0.25) is 19.9 Å². The van der Waals surface area contributed by atoms with Gasteiger partial charge in [0, 0.05) is 31.9 Å². The normalized spacial score (nSPS) is 30.6. The molecule has 1 saturated heterocycles. The second kappa shape index (κ2) is 5.85. The molecule has 1 aliphatic carbocycles. The van der Waals surface area contributed by atoms with Crippen molar-refractivity contribution in [2.24, 2.45) is 5.41 Å². The fraction of sp³-hybridized carbons (Fsp3) is 0.647. The van der Waals surface area contributed by atoms with Crippen LogP contribution in [0.2, 0.25) is 0 Å². The molecule has 3 aliphatic rings. The highest BCUT2D eigenvalue weighted by molar-refractivity contribution is 5.93. The first-order valence-corrected chi connectivity index (χ1v) is 8.43. The van der Waals surface area contributed by atoms with Crippen molar-refractivity contribution in [2.75, 3.05) is 19.8 Å². The summed E-state index contributed by atoms with van der Waals surface area (Å²) in [6.07, 6.45) is 7.45. The predicted octanol–water partition coefficient (Wildman–Crippen LogP) is 1.52. The number of hydroxylamine groups is 1. The van der Waals surface area contributed by atoms with Crippen molar-refractivity contribution < 1.29 is 14.7 Å². The molecular weight excluding hydrogens is 294 g/mol. The molecule has 124 valence electrons. The van der Waals surface area contributed by atoms with Gasteiger partial charge in [-0.15, -0.1) is 0 Å². The van der Waals surface area contributed by atoms with E-state index >= 15 is 0 Å². The molecule has 2 aliphatic heterocycles. The molecule has 1 unspecified atom stereocenters. The molecule has 0 aromatic carbocycles. The quantitative estimate of drug-likeness (QED) is 0.639. The number of hydrogen-bond acceptors (Lipinski definition) is 5. The molecule has 1 amide bonds. The SMILES string of the molecule is O=C(NO)c1cnc2c(c1)CCN([C@@H]1CCC3(CCOC3)C1)C2.